The number of unbranched alkanes of at least 4 members (excludes halogenated alkanes) is 1. The highest BCUT2D eigenvalue weighted by molar-refractivity contribution is 4.54. The van der Waals surface area contributed by atoms with Crippen LogP contribution in [0.1, 0.15) is 72.6 Å². The average molecular weight is 242 g/mol. The molecule has 0 aromatic heterocycles. The first-order valence-electron chi connectivity index (χ1n) is 7.76. The number of quaternary nitrogens is 1. The van der Waals surface area contributed by atoms with Crippen molar-refractivity contribution >= 4 is 0 Å². The summed E-state index contributed by atoms with van der Waals surface area (Å²) >= 11 is 0. The summed E-state index contributed by atoms with van der Waals surface area (Å²) < 4.78 is 1.20. The molecule has 0 rings (SSSR count). The lowest BCUT2D eigenvalue weighted by molar-refractivity contribution is -0.913. The van der Waals surface area contributed by atoms with Gasteiger partial charge in [-0.2, -0.15) is 0 Å². The molecule has 0 N–H and O–H groups in total. The van der Waals surface area contributed by atoms with Gasteiger partial charge in [-0.1, -0.05) is 46.5 Å². The average Bonchev–Trinajstić information content (AvgIpc) is 2.25. The Morgan fingerprint density at radius 1 is 0.824 bits per heavy atom. The van der Waals surface area contributed by atoms with Gasteiger partial charge in [-0.15, -0.1) is 0 Å². The largest absolute Gasteiger partial charge is 0.326 e. The quantitative estimate of drug-likeness (QED) is 0.379. The van der Waals surface area contributed by atoms with Gasteiger partial charge in [0.25, 0.3) is 0 Å². The first kappa shape index (κ1) is 17.0. The molecule has 0 aliphatic carbocycles. The minimum Gasteiger partial charge on any atom is -0.326 e. The molecule has 17 heavy (non-hydrogen) atoms. The van der Waals surface area contributed by atoms with Crippen LogP contribution >= 0.6 is 0 Å². The topological polar surface area (TPSA) is 0 Å². The standard InChI is InChI=1S/C16H36N/c1-7-11-15(3)13-9-10-14-17(5,6)16(4)12-8-2/h15-16H,7-14H2,1-6H3/q+1. The van der Waals surface area contributed by atoms with Gasteiger partial charge in [-0.3, -0.25) is 0 Å². The van der Waals surface area contributed by atoms with Crippen molar-refractivity contribution in [2.75, 3.05) is 20.6 Å². The van der Waals surface area contributed by atoms with Gasteiger partial charge in [-0.25, -0.2) is 0 Å². The zero-order valence-corrected chi connectivity index (χ0v) is 13.3. The Hall–Kier alpha value is -0.0400. The lowest BCUT2D eigenvalue weighted by Crippen LogP contribution is -2.47. The molecule has 0 saturated heterocycles. The maximum atomic E-state index is 2.41. The SMILES string of the molecule is CCCC(C)CCCC[N+](C)(C)C(C)CCC. The lowest BCUT2D eigenvalue weighted by Gasteiger charge is -2.36. The van der Waals surface area contributed by atoms with E-state index in [4.69, 9.17) is 0 Å². The molecule has 0 radical (unpaired) electrons. The van der Waals surface area contributed by atoms with Crippen molar-refractivity contribution in [1.82, 2.24) is 0 Å². The van der Waals surface area contributed by atoms with Gasteiger partial charge in [-0.05, 0) is 32.1 Å². The van der Waals surface area contributed by atoms with Gasteiger partial charge in [0.15, 0.2) is 0 Å². The number of rotatable bonds is 10. The third kappa shape index (κ3) is 7.81. The molecule has 2 unspecified atom stereocenters. The van der Waals surface area contributed by atoms with Crippen molar-refractivity contribution in [2.45, 2.75) is 78.7 Å². The summed E-state index contributed by atoms with van der Waals surface area (Å²) in [6, 6.07) is 0.813. The predicted molar refractivity (Wildman–Crippen MR) is 79.3 cm³/mol. The van der Waals surface area contributed by atoms with E-state index in [1.165, 1.54) is 56.0 Å². The van der Waals surface area contributed by atoms with Gasteiger partial charge in [0, 0.05) is 0 Å². The van der Waals surface area contributed by atoms with Crippen molar-refractivity contribution in [3.63, 3.8) is 0 Å². The zero-order chi connectivity index (χ0) is 13.3. The Bertz CT molecular complexity index is 174. The van der Waals surface area contributed by atoms with E-state index in [2.05, 4.69) is 41.8 Å². The highest BCUT2D eigenvalue weighted by atomic mass is 15.3. The molecule has 0 bridgehead atoms. The Morgan fingerprint density at radius 2 is 1.41 bits per heavy atom. The van der Waals surface area contributed by atoms with Crippen molar-refractivity contribution in [2.24, 2.45) is 5.92 Å². The minimum absolute atomic E-state index is 0.813. The molecular weight excluding hydrogens is 206 g/mol. The number of hydrogen-bond acceptors (Lipinski definition) is 0. The lowest BCUT2D eigenvalue weighted by atomic mass is 9.99. The molecule has 0 amide bonds. The van der Waals surface area contributed by atoms with E-state index in [0.717, 1.165) is 12.0 Å². The Labute approximate surface area is 110 Å². The van der Waals surface area contributed by atoms with E-state index < -0.39 is 0 Å². The van der Waals surface area contributed by atoms with E-state index >= 15 is 0 Å². The normalized spacial score (nSPS) is 15.9. The van der Waals surface area contributed by atoms with Crippen molar-refractivity contribution < 1.29 is 4.48 Å². The van der Waals surface area contributed by atoms with Crippen LogP contribution in [0.5, 0.6) is 0 Å². The molecule has 0 heterocycles. The highest BCUT2D eigenvalue weighted by Crippen LogP contribution is 2.17. The summed E-state index contributed by atoms with van der Waals surface area (Å²) in [6.07, 6.45) is 9.67. The van der Waals surface area contributed by atoms with Crippen molar-refractivity contribution in [1.29, 1.82) is 0 Å². The Kier molecular flexibility index (Phi) is 8.94. The molecule has 1 nitrogen and oxygen atoms in total. The smallest absolute Gasteiger partial charge is 0.0857 e. The molecule has 0 spiro atoms. The Morgan fingerprint density at radius 3 is 1.94 bits per heavy atom. The van der Waals surface area contributed by atoms with Crippen LogP contribution in [0.3, 0.4) is 0 Å². The van der Waals surface area contributed by atoms with Gasteiger partial charge in [0.05, 0.1) is 26.7 Å². The second-order valence-electron chi connectivity index (χ2n) is 6.53. The van der Waals surface area contributed by atoms with E-state index in [1.807, 2.05) is 0 Å². The van der Waals surface area contributed by atoms with Crippen LogP contribution in [0, 0.1) is 5.92 Å². The summed E-state index contributed by atoms with van der Waals surface area (Å²) in [5.41, 5.74) is 0. The van der Waals surface area contributed by atoms with E-state index in [-0.39, 0.29) is 0 Å². The third-order valence-electron chi connectivity index (χ3n) is 4.36. The van der Waals surface area contributed by atoms with Crippen LogP contribution in [-0.2, 0) is 0 Å². The highest BCUT2D eigenvalue weighted by Gasteiger charge is 2.22. The maximum absolute atomic E-state index is 2.41. The van der Waals surface area contributed by atoms with Crippen LogP contribution in [0.15, 0.2) is 0 Å². The van der Waals surface area contributed by atoms with Crippen molar-refractivity contribution in [3.8, 4) is 0 Å². The molecular formula is C16H36N+. The first-order valence-corrected chi connectivity index (χ1v) is 7.76. The molecule has 0 fully saturated rings. The molecule has 0 aliphatic heterocycles. The molecule has 1 heteroatoms. The number of nitrogens with zero attached hydrogens (tertiary/aromatic N) is 1. The minimum atomic E-state index is 0.813. The molecule has 0 aliphatic rings. The van der Waals surface area contributed by atoms with E-state index in [1.54, 1.807) is 0 Å². The fourth-order valence-electron chi connectivity index (χ4n) is 2.64. The van der Waals surface area contributed by atoms with Crippen LogP contribution in [0.2, 0.25) is 0 Å². The number of hydrogen-bond donors (Lipinski definition) is 0. The van der Waals surface area contributed by atoms with E-state index in [0.29, 0.717) is 0 Å². The van der Waals surface area contributed by atoms with Crippen LogP contribution in [0.25, 0.3) is 0 Å². The molecule has 0 aromatic rings. The summed E-state index contributed by atoms with van der Waals surface area (Å²) in [7, 11) is 4.80. The fourth-order valence-corrected chi connectivity index (χ4v) is 2.64. The summed E-state index contributed by atoms with van der Waals surface area (Å²) in [6.45, 7) is 10.7. The van der Waals surface area contributed by atoms with Crippen LogP contribution in [0.4, 0.5) is 0 Å². The maximum Gasteiger partial charge on any atom is 0.0857 e. The Balaban J connectivity index is 3.71. The van der Waals surface area contributed by atoms with Crippen LogP contribution < -0.4 is 0 Å². The van der Waals surface area contributed by atoms with Crippen LogP contribution in [-0.4, -0.2) is 31.2 Å². The van der Waals surface area contributed by atoms with Crippen molar-refractivity contribution in [3.05, 3.63) is 0 Å². The molecule has 0 aromatic carbocycles. The van der Waals surface area contributed by atoms with Gasteiger partial charge < -0.3 is 4.48 Å². The van der Waals surface area contributed by atoms with Gasteiger partial charge in [0.2, 0.25) is 0 Å². The monoisotopic (exact) mass is 242 g/mol. The second kappa shape index (κ2) is 8.97. The summed E-state index contributed by atoms with van der Waals surface area (Å²) in [4.78, 5) is 0. The summed E-state index contributed by atoms with van der Waals surface area (Å²) in [5.74, 6) is 0.934. The third-order valence-corrected chi connectivity index (χ3v) is 4.36. The molecule has 2 atom stereocenters. The fraction of sp³-hybridized carbons (Fsp3) is 1.00. The molecule has 0 saturated carbocycles. The summed E-state index contributed by atoms with van der Waals surface area (Å²) in [5, 5.41) is 0. The zero-order valence-electron chi connectivity index (χ0n) is 13.3. The first-order chi connectivity index (χ1) is 7.94. The predicted octanol–water partition coefficient (Wildman–Crippen LogP) is 4.86. The van der Waals surface area contributed by atoms with Gasteiger partial charge >= 0.3 is 0 Å². The molecule has 104 valence electrons. The second-order valence-corrected chi connectivity index (χ2v) is 6.53. The van der Waals surface area contributed by atoms with Gasteiger partial charge in [0.1, 0.15) is 0 Å². The van der Waals surface area contributed by atoms with E-state index in [9.17, 15) is 0 Å².